The second kappa shape index (κ2) is 11.2. The van der Waals surface area contributed by atoms with E-state index >= 15 is 0 Å². The first-order chi connectivity index (χ1) is 13.7. The number of hydrogen-bond acceptors (Lipinski definition) is 5. The van der Waals surface area contributed by atoms with E-state index in [0.29, 0.717) is 12.5 Å². The fourth-order valence-corrected chi connectivity index (χ4v) is 5.70. The Morgan fingerprint density at radius 1 is 1.21 bits per heavy atom. The molecule has 1 aromatic rings. The summed E-state index contributed by atoms with van der Waals surface area (Å²) in [5.74, 6) is 1.21. The van der Waals surface area contributed by atoms with E-state index in [2.05, 4.69) is 26.8 Å². The average Bonchev–Trinajstić information content (AvgIpc) is 3.21. The highest BCUT2D eigenvalue weighted by atomic mass is 32.2. The van der Waals surface area contributed by atoms with Crippen LogP contribution in [0.2, 0.25) is 0 Å². The molecule has 0 spiro atoms. The van der Waals surface area contributed by atoms with Crippen molar-refractivity contribution >= 4 is 17.7 Å². The van der Waals surface area contributed by atoms with Crippen LogP contribution in [0.15, 0.2) is 11.2 Å². The van der Waals surface area contributed by atoms with Crippen molar-refractivity contribution in [3.8, 4) is 0 Å². The van der Waals surface area contributed by atoms with Crippen molar-refractivity contribution in [3.05, 3.63) is 6.20 Å². The van der Waals surface area contributed by atoms with E-state index in [-0.39, 0.29) is 18.1 Å². The number of ether oxygens (including phenoxy) is 1. The Labute approximate surface area is 173 Å². The molecule has 2 fully saturated rings. The van der Waals surface area contributed by atoms with Crippen molar-refractivity contribution in [2.45, 2.75) is 101 Å². The molecule has 2 aliphatic carbocycles. The maximum Gasteiger partial charge on any atom is 0.222 e. The van der Waals surface area contributed by atoms with Crippen LogP contribution in [0, 0.1) is 0 Å². The lowest BCUT2D eigenvalue weighted by Crippen LogP contribution is -2.49. The first kappa shape index (κ1) is 21.6. The summed E-state index contributed by atoms with van der Waals surface area (Å²) in [4.78, 5) is 14.9. The van der Waals surface area contributed by atoms with Gasteiger partial charge in [-0.3, -0.25) is 4.79 Å². The van der Waals surface area contributed by atoms with Gasteiger partial charge >= 0.3 is 0 Å². The van der Waals surface area contributed by atoms with Gasteiger partial charge in [0.05, 0.1) is 24.4 Å². The summed E-state index contributed by atoms with van der Waals surface area (Å²) in [6.07, 6.45) is 14.5. The molecule has 7 heteroatoms. The molecule has 0 aliphatic heterocycles. The molecule has 28 heavy (non-hydrogen) atoms. The molecule has 2 aliphatic rings. The number of nitrogens with zero attached hydrogens (tertiary/aromatic N) is 4. The Hall–Kier alpha value is -1.08. The zero-order valence-electron chi connectivity index (χ0n) is 17.5. The molecule has 1 heterocycles. The quantitative estimate of drug-likeness (QED) is 0.446. The number of aromatic nitrogens is 3. The predicted octanol–water partition coefficient (Wildman–Crippen LogP) is 4.46. The van der Waals surface area contributed by atoms with Gasteiger partial charge in [0.25, 0.3) is 0 Å². The smallest absolute Gasteiger partial charge is 0.222 e. The third-order valence-corrected chi connectivity index (χ3v) is 7.36. The highest BCUT2D eigenvalue weighted by Crippen LogP contribution is 2.31. The summed E-state index contributed by atoms with van der Waals surface area (Å²) in [6.45, 7) is 2.86. The Bertz CT molecular complexity index is 603. The van der Waals surface area contributed by atoms with Crippen LogP contribution in [0.5, 0.6) is 0 Å². The molecule has 0 bridgehead atoms. The first-order valence-electron chi connectivity index (χ1n) is 11.1. The third-order valence-electron chi connectivity index (χ3n) is 6.28. The predicted molar refractivity (Wildman–Crippen MR) is 113 cm³/mol. The van der Waals surface area contributed by atoms with Crippen molar-refractivity contribution in [1.29, 1.82) is 0 Å². The zero-order chi connectivity index (χ0) is 19.8. The van der Waals surface area contributed by atoms with Gasteiger partial charge in [-0.15, -0.1) is 16.9 Å². The van der Waals surface area contributed by atoms with Crippen molar-refractivity contribution in [2.75, 3.05) is 19.4 Å². The fraction of sp³-hybridized carbons (Fsp3) is 0.857. The topological polar surface area (TPSA) is 60.2 Å². The van der Waals surface area contributed by atoms with Crippen LogP contribution in [0.4, 0.5) is 0 Å². The molecule has 2 atom stereocenters. The van der Waals surface area contributed by atoms with E-state index in [1.54, 1.807) is 18.9 Å². The minimum atomic E-state index is 0.197. The van der Waals surface area contributed by atoms with Gasteiger partial charge in [-0.2, -0.15) is 0 Å². The van der Waals surface area contributed by atoms with Crippen molar-refractivity contribution in [1.82, 2.24) is 19.9 Å². The van der Waals surface area contributed by atoms with Gasteiger partial charge in [-0.1, -0.05) is 37.3 Å². The van der Waals surface area contributed by atoms with E-state index in [1.807, 2.05) is 6.20 Å². The van der Waals surface area contributed by atoms with Crippen LogP contribution < -0.4 is 0 Å². The van der Waals surface area contributed by atoms with E-state index in [0.717, 1.165) is 36.6 Å². The van der Waals surface area contributed by atoms with Gasteiger partial charge in [-0.25, -0.2) is 4.68 Å². The second-order valence-electron chi connectivity index (χ2n) is 8.07. The molecule has 2 saturated carbocycles. The lowest BCUT2D eigenvalue weighted by atomic mass is 9.91. The van der Waals surface area contributed by atoms with E-state index in [1.165, 1.54) is 44.9 Å². The van der Waals surface area contributed by atoms with Gasteiger partial charge in [0.15, 0.2) is 0 Å². The van der Waals surface area contributed by atoms with Gasteiger partial charge < -0.3 is 9.64 Å². The third kappa shape index (κ3) is 5.50. The minimum Gasteiger partial charge on any atom is -0.379 e. The summed E-state index contributed by atoms with van der Waals surface area (Å²) < 4.78 is 7.79. The number of rotatable bonds is 9. The number of carbonyl (C=O) groups is 1. The number of amides is 1. The number of methoxy groups -OCH3 is 1. The monoisotopic (exact) mass is 408 g/mol. The first-order valence-corrected chi connectivity index (χ1v) is 12.1. The van der Waals surface area contributed by atoms with Gasteiger partial charge in [0.2, 0.25) is 5.91 Å². The van der Waals surface area contributed by atoms with Crippen LogP contribution in [-0.2, 0) is 9.53 Å². The molecule has 6 nitrogen and oxygen atoms in total. The molecule has 1 aromatic heterocycles. The molecule has 0 aromatic carbocycles. The Kier molecular flexibility index (Phi) is 8.65. The number of thioether (sulfide) groups is 1. The Balaban J connectivity index is 1.45. The van der Waals surface area contributed by atoms with Gasteiger partial charge in [-0.05, 0) is 39.0 Å². The molecule has 0 N–H and O–H groups in total. The minimum absolute atomic E-state index is 0.197. The van der Waals surface area contributed by atoms with Crippen molar-refractivity contribution in [3.63, 3.8) is 0 Å². The highest BCUT2D eigenvalue weighted by molar-refractivity contribution is 7.99. The molecule has 0 saturated heterocycles. The molecular formula is C21H36N4O2S. The zero-order valence-corrected chi connectivity index (χ0v) is 18.3. The molecule has 2 unspecified atom stereocenters. The maximum atomic E-state index is 12.8. The van der Waals surface area contributed by atoms with E-state index in [9.17, 15) is 4.79 Å². The fourth-order valence-electron chi connectivity index (χ4n) is 4.76. The molecule has 3 rings (SSSR count). The lowest BCUT2D eigenvalue weighted by molar-refractivity contribution is -0.137. The number of likely N-dealkylation sites (N-methyl/N-ethyl adjacent to an activating group) is 1. The standard InChI is InChI=1S/C21H36N4O2S/c1-3-24(18-12-7-8-13-19(18)27-2)20(26)14-9-15-28-21-16-22-23-25(21)17-10-5-4-6-11-17/h16-19H,3-15H2,1-2H3. The molecule has 158 valence electrons. The van der Waals surface area contributed by atoms with Crippen LogP contribution >= 0.6 is 11.8 Å². The molecular weight excluding hydrogens is 372 g/mol. The summed E-state index contributed by atoms with van der Waals surface area (Å²) in [5, 5.41) is 9.62. The summed E-state index contributed by atoms with van der Waals surface area (Å²) in [6, 6.07) is 0.758. The summed E-state index contributed by atoms with van der Waals surface area (Å²) >= 11 is 1.79. The largest absolute Gasteiger partial charge is 0.379 e. The highest BCUT2D eigenvalue weighted by Gasteiger charge is 2.31. The number of hydrogen-bond donors (Lipinski definition) is 0. The Morgan fingerprint density at radius 2 is 1.96 bits per heavy atom. The summed E-state index contributed by atoms with van der Waals surface area (Å²) in [5.41, 5.74) is 0. The SMILES string of the molecule is CCN(C(=O)CCCSc1cnnn1C1CCCCC1)C1CCCCC1OC. The van der Waals surface area contributed by atoms with Crippen molar-refractivity contribution < 1.29 is 9.53 Å². The van der Waals surface area contributed by atoms with Crippen LogP contribution in [0.3, 0.4) is 0 Å². The van der Waals surface area contributed by atoms with E-state index < -0.39 is 0 Å². The lowest BCUT2D eigenvalue weighted by Gasteiger charge is -2.39. The van der Waals surface area contributed by atoms with Crippen molar-refractivity contribution in [2.24, 2.45) is 0 Å². The van der Waals surface area contributed by atoms with Crippen LogP contribution in [0.25, 0.3) is 0 Å². The van der Waals surface area contributed by atoms with E-state index in [4.69, 9.17) is 4.74 Å². The number of carbonyl (C=O) groups excluding carboxylic acids is 1. The average molecular weight is 409 g/mol. The second-order valence-corrected chi connectivity index (χ2v) is 9.18. The normalized spacial score (nSPS) is 23.6. The van der Waals surface area contributed by atoms with Gasteiger partial charge in [0, 0.05) is 25.8 Å². The summed E-state index contributed by atoms with van der Waals surface area (Å²) in [7, 11) is 1.78. The maximum absolute atomic E-state index is 12.8. The molecule has 0 radical (unpaired) electrons. The van der Waals surface area contributed by atoms with Crippen LogP contribution in [0.1, 0.15) is 83.6 Å². The Morgan fingerprint density at radius 3 is 2.71 bits per heavy atom. The molecule has 1 amide bonds. The van der Waals surface area contributed by atoms with Gasteiger partial charge in [0.1, 0.15) is 5.03 Å². The van der Waals surface area contributed by atoms with Crippen LogP contribution in [-0.4, -0.2) is 57.4 Å².